The number of hydrogen-bond acceptors (Lipinski definition) is 3. The molecule has 0 aliphatic heterocycles. The van der Waals surface area contributed by atoms with E-state index in [0.29, 0.717) is 13.1 Å². The van der Waals surface area contributed by atoms with E-state index in [1.807, 2.05) is 29.8 Å². The van der Waals surface area contributed by atoms with Gasteiger partial charge in [-0.25, -0.2) is 4.68 Å². The van der Waals surface area contributed by atoms with Crippen LogP contribution >= 0.6 is 0 Å². The van der Waals surface area contributed by atoms with Crippen molar-refractivity contribution in [2.24, 2.45) is 4.99 Å². The SMILES string of the molecule is CN=C(NCc1ccn[nH]1)NCc1ccccc1-n1nc(C)cc1C. The summed E-state index contributed by atoms with van der Waals surface area (Å²) < 4.78 is 1.98. The van der Waals surface area contributed by atoms with Crippen molar-refractivity contribution in [2.75, 3.05) is 7.05 Å². The Hall–Kier alpha value is -3.09. The zero-order valence-corrected chi connectivity index (χ0v) is 14.7. The van der Waals surface area contributed by atoms with Crippen LogP contribution in [0.1, 0.15) is 22.6 Å². The molecule has 3 aromatic rings. The molecule has 0 unspecified atom stereocenters. The van der Waals surface area contributed by atoms with E-state index in [1.165, 1.54) is 0 Å². The lowest BCUT2D eigenvalue weighted by molar-refractivity contribution is 0.772. The molecule has 25 heavy (non-hydrogen) atoms. The van der Waals surface area contributed by atoms with Crippen LogP contribution in [-0.4, -0.2) is 33.0 Å². The van der Waals surface area contributed by atoms with Gasteiger partial charge in [-0.15, -0.1) is 0 Å². The molecule has 130 valence electrons. The summed E-state index contributed by atoms with van der Waals surface area (Å²) in [7, 11) is 1.76. The third kappa shape index (κ3) is 4.06. The molecule has 0 radical (unpaired) electrons. The number of aromatic amines is 1. The first-order valence-electron chi connectivity index (χ1n) is 8.21. The third-order valence-corrected chi connectivity index (χ3v) is 3.90. The highest BCUT2D eigenvalue weighted by Crippen LogP contribution is 2.16. The number of aromatic nitrogens is 4. The molecule has 0 fully saturated rings. The maximum Gasteiger partial charge on any atom is 0.191 e. The van der Waals surface area contributed by atoms with Crippen LogP contribution in [0.15, 0.2) is 47.6 Å². The minimum Gasteiger partial charge on any atom is -0.352 e. The second kappa shape index (κ2) is 7.65. The van der Waals surface area contributed by atoms with Gasteiger partial charge in [0.2, 0.25) is 0 Å². The number of aryl methyl sites for hydroxylation is 2. The Morgan fingerprint density at radius 1 is 1.16 bits per heavy atom. The van der Waals surface area contributed by atoms with Crippen LogP contribution in [0.2, 0.25) is 0 Å². The van der Waals surface area contributed by atoms with Crippen molar-refractivity contribution in [1.82, 2.24) is 30.6 Å². The van der Waals surface area contributed by atoms with Crippen molar-refractivity contribution >= 4 is 5.96 Å². The zero-order chi connectivity index (χ0) is 17.6. The van der Waals surface area contributed by atoms with Crippen molar-refractivity contribution < 1.29 is 0 Å². The van der Waals surface area contributed by atoms with Gasteiger partial charge < -0.3 is 10.6 Å². The zero-order valence-electron chi connectivity index (χ0n) is 14.7. The molecule has 3 rings (SSSR count). The van der Waals surface area contributed by atoms with Gasteiger partial charge in [-0.1, -0.05) is 18.2 Å². The minimum absolute atomic E-state index is 0.638. The van der Waals surface area contributed by atoms with E-state index in [1.54, 1.807) is 13.2 Å². The predicted molar refractivity (Wildman–Crippen MR) is 98.7 cm³/mol. The number of nitrogens with one attached hydrogen (secondary N) is 3. The Kier molecular flexibility index (Phi) is 5.13. The van der Waals surface area contributed by atoms with Gasteiger partial charge in [0.25, 0.3) is 0 Å². The van der Waals surface area contributed by atoms with Crippen LogP contribution < -0.4 is 10.6 Å². The minimum atomic E-state index is 0.638. The average Bonchev–Trinajstić information content (AvgIpc) is 3.24. The van der Waals surface area contributed by atoms with Crippen molar-refractivity contribution in [1.29, 1.82) is 0 Å². The van der Waals surface area contributed by atoms with Crippen LogP contribution in [0, 0.1) is 13.8 Å². The molecule has 0 aliphatic carbocycles. The second-order valence-electron chi connectivity index (χ2n) is 5.83. The Morgan fingerprint density at radius 2 is 1.96 bits per heavy atom. The number of aliphatic imine (C=N–C) groups is 1. The summed E-state index contributed by atoms with van der Waals surface area (Å²) in [6.45, 7) is 5.36. The molecule has 3 N–H and O–H groups in total. The van der Waals surface area contributed by atoms with Gasteiger partial charge in [-0.2, -0.15) is 10.2 Å². The lowest BCUT2D eigenvalue weighted by atomic mass is 10.1. The summed E-state index contributed by atoms with van der Waals surface area (Å²) in [5.74, 6) is 0.734. The van der Waals surface area contributed by atoms with Gasteiger partial charge in [0, 0.05) is 25.5 Å². The molecule has 0 aliphatic rings. The van der Waals surface area contributed by atoms with Crippen molar-refractivity contribution in [2.45, 2.75) is 26.9 Å². The highest BCUT2D eigenvalue weighted by molar-refractivity contribution is 5.79. The first-order valence-corrected chi connectivity index (χ1v) is 8.21. The van der Waals surface area contributed by atoms with E-state index in [2.05, 4.69) is 56.0 Å². The van der Waals surface area contributed by atoms with Crippen LogP contribution in [0.25, 0.3) is 5.69 Å². The third-order valence-electron chi connectivity index (χ3n) is 3.90. The molecule has 7 nitrogen and oxygen atoms in total. The van der Waals surface area contributed by atoms with Crippen LogP contribution in [-0.2, 0) is 13.1 Å². The van der Waals surface area contributed by atoms with Crippen LogP contribution in [0.4, 0.5) is 0 Å². The fraction of sp³-hybridized carbons (Fsp3) is 0.278. The molecule has 7 heteroatoms. The maximum absolute atomic E-state index is 4.59. The highest BCUT2D eigenvalue weighted by Gasteiger charge is 2.09. The number of H-pyrrole nitrogens is 1. The van der Waals surface area contributed by atoms with E-state index in [-0.39, 0.29) is 0 Å². The molecule has 0 bridgehead atoms. The number of benzene rings is 1. The van der Waals surface area contributed by atoms with Gasteiger partial charge in [-0.05, 0) is 37.6 Å². The Bertz CT molecular complexity index is 846. The average molecular weight is 337 g/mol. The number of para-hydroxylation sites is 1. The Balaban J connectivity index is 1.69. The molecule has 2 aromatic heterocycles. The van der Waals surface area contributed by atoms with E-state index in [0.717, 1.165) is 34.3 Å². The van der Waals surface area contributed by atoms with E-state index >= 15 is 0 Å². The topological polar surface area (TPSA) is 82.9 Å². The lowest BCUT2D eigenvalue weighted by Gasteiger charge is -2.14. The smallest absolute Gasteiger partial charge is 0.191 e. The van der Waals surface area contributed by atoms with Gasteiger partial charge in [-0.3, -0.25) is 10.1 Å². The fourth-order valence-corrected chi connectivity index (χ4v) is 2.70. The molecular formula is C18H23N7. The monoisotopic (exact) mass is 337 g/mol. The summed E-state index contributed by atoms with van der Waals surface area (Å²) in [6.07, 6.45) is 1.73. The van der Waals surface area contributed by atoms with Crippen LogP contribution in [0.5, 0.6) is 0 Å². The van der Waals surface area contributed by atoms with E-state index in [9.17, 15) is 0 Å². The highest BCUT2D eigenvalue weighted by atomic mass is 15.3. The summed E-state index contributed by atoms with van der Waals surface area (Å²) in [4.78, 5) is 4.26. The number of hydrogen-bond donors (Lipinski definition) is 3. The predicted octanol–water partition coefficient (Wildman–Crippen LogP) is 2.08. The summed E-state index contributed by atoms with van der Waals surface area (Å²) in [5, 5.41) is 18.1. The lowest BCUT2D eigenvalue weighted by Crippen LogP contribution is -2.36. The fourth-order valence-electron chi connectivity index (χ4n) is 2.70. The standard InChI is InChI=1S/C18H23N7/c1-13-10-14(2)25(24-13)17-7-5-4-6-15(17)11-20-18(19-3)21-12-16-8-9-22-23-16/h4-10H,11-12H2,1-3H3,(H,22,23)(H2,19,20,21). The summed E-state index contributed by atoms with van der Waals surface area (Å²) in [5.41, 5.74) is 5.36. The second-order valence-corrected chi connectivity index (χ2v) is 5.83. The molecule has 0 saturated carbocycles. The maximum atomic E-state index is 4.59. The van der Waals surface area contributed by atoms with Gasteiger partial charge in [0.05, 0.1) is 23.6 Å². The molecule has 0 saturated heterocycles. The van der Waals surface area contributed by atoms with E-state index in [4.69, 9.17) is 0 Å². The molecule has 1 aromatic carbocycles. The molecule has 0 amide bonds. The summed E-state index contributed by atoms with van der Waals surface area (Å²) >= 11 is 0. The number of rotatable bonds is 5. The first kappa shape index (κ1) is 16.8. The van der Waals surface area contributed by atoms with Gasteiger partial charge >= 0.3 is 0 Å². The van der Waals surface area contributed by atoms with Crippen molar-refractivity contribution in [3.63, 3.8) is 0 Å². The number of nitrogens with zero attached hydrogens (tertiary/aromatic N) is 4. The van der Waals surface area contributed by atoms with Gasteiger partial charge in [0.15, 0.2) is 5.96 Å². The summed E-state index contributed by atoms with van der Waals surface area (Å²) in [6, 6.07) is 12.2. The largest absolute Gasteiger partial charge is 0.352 e. The normalized spacial score (nSPS) is 11.6. The Morgan fingerprint density at radius 3 is 2.64 bits per heavy atom. The van der Waals surface area contributed by atoms with Gasteiger partial charge in [0.1, 0.15) is 0 Å². The molecular weight excluding hydrogens is 314 g/mol. The number of guanidine groups is 1. The van der Waals surface area contributed by atoms with E-state index < -0.39 is 0 Å². The first-order chi connectivity index (χ1) is 12.2. The molecule has 2 heterocycles. The van der Waals surface area contributed by atoms with Crippen molar-refractivity contribution in [3.05, 3.63) is 65.2 Å². The molecule has 0 atom stereocenters. The Labute approximate surface area is 147 Å². The molecule has 0 spiro atoms. The van der Waals surface area contributed by atoms with Crippen molar-refractivity contribution in [3.8, 4) is 5.69 Å². The quantitative estimate of drug-likeness (QED) is 0.492. The van der Waals surface area contributed by atoms with Crippen LogP contribution in [0.3, 0.4) is 0 Å².